The number of hydrogen-bond acceptors (Lipinski definition) is 5. The number of aromatic nitrogens is 1. The van der Waals surface area contributed by atoms with Gasteiger partial charge < -0.3 is 15.1 Å². The quantitative estimate of drug-likeness (QED) is 0.891. The standard InChI is InChI=1S/C22H27N5O/c1-16-4-6-18(7-5-16)26-11-9-25(10-12-26)15-17-13-19-21(23-14-17)27-8-2-3-20(27)22(28)24-19/h4-7,13-14,20H,2-3,8-12,15H2,1H3,(H,24,28). The van der Waals surface area contributed by atoms with Crippen molar-refractivity contribution in [3.05, 3.63) is 47.7 Å². The molecule has 2 aromatic rings. The molecule has 0 spiro atoms. The lowest BCUT2D eigenvalue weighted by atomic mass is 10.1. The first kappa shape index (κ1) is 17.5. The fourth-order valence-electron chi connectivity index (χ4n) is 4.59. The minimum absolute atomic E-state index is 0.0271. The van der Waals surface area contributed by atoms with Crippen LogP contribution in [-0.2, 0) is 11.3 Å². The van der Waals surface area contributed by atoms with Crippen LogP contribution < -0.4 is 15.1 Å². The maximum atomic E-state index is 12.3. The van der Waals surface area contributed by atoms with Crippen molar-refractivity contribution < 1.29 is 4.79 Å². The molecule has 0 radical (unpaired) electrons. The third-order valence-corrected chi connectivity index (χ3v) is 6.19. The molecule has 6 heteroatoms. The average molecular weight is 377 g/mol. The monoisotopic (exact) mass is 377 g/mol. The summed E-state index contributed by atoms with van der Waals surface area (Å²) in [5, 5.41) is 3.07. The highest BCUT2D eigenvalue weighted by molar-refractivity contribution is 6.03. The Morgan fingerprint density at radius 2 is 1.89 bits per heavy atom. The summed E-state index contributed by atoms with van der Waals surface area (Å²) in [5.74, 6) is 1.06. The largest absolute Gasteiger partial charge is 0.369 e. The zero-order chi connectivity index (χ0) is 19.1. The van der Waals surface area contributed by atoms with Gasteiger partial charge in [0, 0.05) is 51.2 Å². The van der Waals surface area contributed by atoms with E-state index in [-0.39, 0.29) is 11.9 Å². The Morgan fingerprint density at radius 1 is 1.11 bits per heavy atom. The molecule has 1 N–H and O–H groups in total. The highest BCUT2D eigenvalue weighted by atomic mass is 16.2. The van der Waals surface area contributed by atoms with Gasteiger partial charge in [0.25, 0.3) is 0 Å². The molecule has 6 nitrogen and oxygen atoms in total. The molecule has 146 valence electrons. The number of nitrogens with one attached hydrogen (secondary N) is 1. The first-order valence-electron chi connectivity index (χ1n) is 10.3. The van der Waals surface area contributed by atoms with Gasteiger partial charge in [0.15, 0.2) is 5.82 Å². The zero-order valence-corrected chi connectivity index (χ0v) is 16.4. The first-order valence-corrected chi connectivity index (χ1v) is 10.3. The van der Waals surface area contributed by atoms with Crippen LogP contribution in [0, 0.1) is 6.92 Å². The summed E-state index contributed by atoms with van der Waals surface area (Å²) >= 11 is 0. The van der Waals surface area contributed by atoms with Gasteiger partial charge in [-0.1, -0.05) is 17.7 Å². The van der Waals surface area contributed by atoms with Crippen molar-refractivity contribution >= 4 is 23.1 Å². The molecule has 1 unspecified atom stereocenters. The molecule has 2 fully saturated rings. The molecule has 2 saturated heterocycles. The highest BCUT2D eigenvalue weighted by Gasteiger charge is 2.37. The van der Waals surface area contributed by atoms with Crippen LogP contribution in [0.4, 0.5) is 17.2 Å². The number of carbonyl (C=O) groups is 1. The number of carbonyl (C=O) groups excluding carboxylic acids is 1. The van der Waals surface area contributed by atoms with Gasteiger partial charge in [-0.3, -0.25) is 9.69 Å². The first-order chi connectivity index (χ1) is 13.7. The van der Waals surface area contributed by atoms with Gasteiger partial charge in [-0.2, -0.15) is 0 Å². The van der Waals surface area contributed by atoms with Crippen LogP contribution >= 0.6 is 0 Å². The van der Waals surface area contributed by atoms with E-state index in [4.69, 9.17) is 4.98 Å². The Balaban J connectivity index is 1.23. The molecule has 3 aliphatic rings. The molecule has 4 heterocycles. The second-order valence-electron chi connectivity index (χ2n) is 8.15. The van der Waals surface area contributed by atoms with Crippen molar-refractivity contribution in [2.24, 2.45) is 0 Å². The maximum Gasteiger partial charge on any atom is 0.247 e. The third kappa shape index (κ3) is 3.22. The van der Waals surface area contributed by atoms with Gasteiger partial charge in [-0.05, 0) is 43.5 Å². The van der Waals surface area contributed by atoms with E-state index in [1.54, 1.807) is 0 Å². The second-order valence-corrected chi connectivity index (χ2v) is 8.15. The number of fused-ring (bicyclic) bond motifs is 3. The van der Waals surface area contributed by atoms with Crippen molar-refractivity contribution in [2.45, 2.75) is 32.4 Å². The minimum Gasteiger partial charge on any atom is -0.369 e. The molecular weight excluding hydrogens is 350 g/mol. The molecule has 3 aliphatic heterocycles. The number of anilines is 3. The summed E-state index contributed by atoms with van der Waals surface area (Å²) in [6.07, 6.45) is 3.98. The molecule has 5 rings (SSSR count). The van der Waals surface area contributed by atoms with Gasteiger partial charge in [-0.25, -0.2) is 4.98 Å². The number of aryl methyl sites for hydroxylation is 1. The molecule has 0 aliphatic carbocycles. The van der Waals surface area contributed by atoms with Gasteiger partial charge in [-0.15, -0.1) is 0 Å². The highest BCUT2D eigenvalue weighted by Crippen LogP contribution is 2.35. The second kappa shape index (κ2) is 7.09. The van der Waals surface area contributed by atoms with Crippen molar-refractivity contribution in [1.82, 2.24) is 9.88 Å². The number of benzene rings is 1. The number of rotatable bonds is 3. The van der Waals surface area contributed by atoms with E-state index in [2.05, 4.69) is 57.3 Å². The van der Waals surface area contributed by atoms with Crippen molar-refractivity contribution in [1.29, 1.82) is 0 Å². The Bertz CT molecular complexity index is 873. The van der Waals surface area contributed by atoms with E-state index in [0.29, 0.717) is 0 Å². The van der Waals surface area contributed by atoms with Crippen LogP contribution in [0.2, 0.25) is 0 Å². The summed E-state index contributed by atoms with van der Waals surface area (Å²) in [5.41, 5.74) is 4.65. The van der Waals surface area contributed by atoms with Crippen LogP contribution in [0.1, 0.15) is 24.0 Å². The third-order valence-electron chi connectivity index (χ3n) is 6.19. The summed E-state index contributed by atoms with van der Waals surface area (Å²) < 4.78 is 0. The fraction of sp³-hybridized carbons (Fsp3) is 0.455. The number of nitrogens with zero attached hydrogens (tertiary/aromatic N) is 4. The topological polar surface area (TPSA) is 51.7 Å². The van der Waals surface area contributed by atoms with Crippen LogP contribution in [0.25, 0.3) is 0 Å². The molecule has 28 heavy (non-hydrogen) atoms. The van der Waals surface area contributed by atoms with E-state index >= 15 is 0 Å². The zero-order valence-electron chi connectivity index (χ0n) is 16.4. The minimum atomic E-state index is -0.0271. The summed E-state index contributed by atoms with van der Waals surface area (Å²) in [4.78, 5) is 24.1. The van der Waals surface area contributed by atoms with Crippen molar-refractivity contribution in [2.75, 3.05) is 47.8 Å². The number of piperazine rings is 1. The fourth-order valence-corrected chi connectivity index (χ4v) is 4.59. The normalized spacial score (nSPS) is 22.0. The van der Waals surface area contributed by atoms with Crippen molar-refractivity contribution in [3.63, 3.8) is 0 Å². The van der Waals surface area contributed by atoms with Crippen LogP contribution in [0.5, 0.6) is 0 Å². The summed E-state index contributed by atoms with van der Waals surface area (Å²) in [7, 11) is 0. The van der Waals surface area contributed by atoms with Crippen LogP contribution in [0.15, 0.2) is 36.5 Å². The van der Waals surface area contributed by atoms with E-state index in [1.165, 1.54) is 16.8 Å². The Kier molecular flexibility index (Phi) is 4.43. The average Bonchev–Trinajstić information content (AvgIpc) is 3.20. The van der Waals surface area contributed by atoms with E-state index < -0.39 is 0 Å². The molecule has 0 saturated carbocycles. The maximum absolute atomic E-state index is 12.3. The van der Waals surface area contributed by atoms with Gasteiger partial charge in [0.2, 0.25) is 5.91 Å². The lowest BCUT2D eigenvalue weighted by Crippen LogP contribution is -2.46. The van der Waals surface area contributed by atoms with Crippen molar-refractivity contribution in [3.8, 4) is 0 Å². The van der Waals surface area contributed by atoms with Gasteiger partial charge in [0.1, 0.15) is 6.04 Å². The Hall–Kier alpha value is -2.60. The Labute approximate surface area is 166 Å². The SMILES string of the molecule is Cc1ccc(N2CCN(Cc3cnc4c(c3)NC(=O)C3CCCN43)CC2)cc1. The molecule has 1 amide bonds. The predicted molar refractivity (Wildman–Crippen MR) is 112 cm³/mol. The van der Waals surface area contributed by atoms with Gasteiger partial charge in [0.05, 0.1) is 5.69 Å². The smallest absolute Gasteiger partial charge is 0.247 e. The number of hydrogen-bond donors (Lipinski definition) is 1. The lowest BCUT2D eigenvalue weighted by Gasteiger charge is -2.36. The van der Waals surface area contributed by atoms with E-state index in [9.17, 15) is 4.79 Å². The van der Waals surface area contributed by atoms with Gasteiger partial charge >= 0.3 is 0 Å². The predicted octanol–water partition coefficient (Wildman–Crippen LogP) is 2.63. The summed E-state index contributed by atoms with van der Waals surface area (Å²) in [6.45, 7) is 8.07. The van der Waals surface area contributed by atoms with E-state index in [1.807, 2.05) is 6.20 Å². The number of amides is 1. The molecule has 0 bridgehead atoms. The van der Waals surface area contributed by atoms with Crippen LogP contribution in [-0.4, -0.2) is 54.6 Å². The molecular formula is C22H27N5O. The molecule has 1 aromatic carbocycles. The molecule has 1 aromatic heterocycles. The van der Waals surface area contributed by atoms with E-state index in [0.717, 1.165) is 63.6 Å². The molecule has 1 atom stereocenters. The Morgan fingerprint density at radius 3 is 2.68 bits per heavy atom. The van der Waals surface area contributed by atoms with Crippen LogP contribution in [0.3, 0.4) is 0 Å². The number of pyridine rings is 1. The summed E-state index contributed by atoms with van der Waals surface area (Å²) in [6, 6.07) is 10.9. The lowest BCUT2D eigenvalue weighted by molar-refractivity contribution is -0.117.